The molecule has 0 spiro atoms. The van der Waals surface area contributed by atoms with E-state index in [-0.39, 0.29) is 17.1 Å². The predicted octanol–water partition coefficient (Wildman–Crippen LogP) is 4.27. The zero-order chi connectivity index (χ0) is 21.1. The maximum Gasteiger partial charge on any atom is 0.191 e. The zero-order valence-corrected chi connectivity index (χ0v) is 18.2. The molecule has 0 saturated carbocycles. The first-order chi connectivity index (χ1) is 14.6. The summed E-state index contributed by atoms with van der Waals surface area (Å²) in [7, 11) is 1.88. The van der Waals surface area contributed by atoms with Crippen molar-refractivity contribution in [1.82, 2.24) is 14.8 Å². The lowest BCUT2D eigenvalue weighted by Crippen LogP contribution is -2.16. The number of nitrogens with zero attached hydrogens (tertiary/aromatic N) is 5. The number of rotatable bonds is 6. The molecule has 0 N–H and O–H groups in total. The first-order valence-electron chi connectivity index (χ1n) is 9.33. The van der Waals surface area contributed by atoms with Crippen molar-refractivity contribution in [3.8, 4) is 6.07 Å². The molecule has 0 atom stereocenters. The lowest BCUT2D eigenvalue weighted by Gasteiger charge is -2.14. The number of benzene rings is 2. The molecule has 3 aromatic rings. The number of ketones is 1. The number of aryl methyl sites for hydroxylation is 1. The van der Waals surface area contributed by atoms with E-state index in [0.29, 0.717) is 16.7 Å². The molecule has 0 fully saturated rings. The highest BCUT2D eigenvalue weighted by molar-refractivity contribution is 8.03. The second kappa shape index (κ2) is 8.78. The van der Waals surface area contributed by atoms with Crippen LogP contribution in [0.3, 0.4) is 0 Å². The number of Topliss-reactive ketones (excluding diaryl/α,β-unsaturated/α-hetero) is 1. The highest BCUT2D eigenvalue weighted by atomic mass is 32.2. The fourth-order valence-corrected chi connectivity index (χ4v) is 5.19. The Labute approximate surface area is 183 Å². The van der Waals surface area contributed by atoms with Crippen molar-refractivity contribution in [3.05, 3.63) is 76.6 Å². The number of thioether (sulfide) groups is 2. The van der Waals surface area contributed by atoms with E-state index in [9.17, 15) is 10.1 Å². The van der Waals surface area contributed by atoms with Crippen LogP contribution in [0.5, 0.6) is 0 Å². The first kappa shape index (κ1) is 20.3. The largest absolute Gasteiger partial charge is 0.337 e. The van der Waals surface area contributed by atoms with Crippen LogP contribution in [-0.4, -0.2) is 33.3 Å². The normalized spacial score (nSPS) is 14.4. The van der Waals surface area contributed by atoms with Gasteiger partial charge >= 0.3 is 0 Å². The molecule has 2 heterocycles. The third-order valence-electron chi connectivity index (χ3n) is 4.76. The van der Waals surface area contributed by atoms with Gasteiger partial charge in [-0.15, -0.1) is 10.2 Å². The number of allylic oxidation sites excluding steroid dienone is 1. The number of para-hydroxylation sites is 1. The van der Waals surface area contributed by atoms with Gasteiger partial charge in [0.05, 0.1) is 18.0 Å². The van der Waals surface area contributed by atoms with Gasteiger partial charge in [-0.2, -0.15) is 5.26 Å². The minimum Gasteiger partial charge on any atom is -0.337 e. The lowest BCUT2D eigenvalue weighted by molar-refractivity contribution is -0.112. The van der Waals surface area contributed by atoms with Crippen molar-refractivity contribution in [3.63, 3.8) is 0 Å². The number of carbonyl (C=O) groups is 1. The van der Waals surface area contributed by atoms with Gasteiger partial charge < -0.3 is 9.47 Å². The average Bonchev–Trinajstić information content (AvgIpc) is 3.28. The predicted molar refractivity (Wildman–Crippen MR) is 119 cm³/mol. The number of aromatic nitrogens is 3. The van der Waals surface area contributed by atoms with Crippen molar-refractivity contribution in [2.45, 2.75) is 23.5 Å². The molecule has 1 aliphatic rings. The van der Waals surface area contributed by atoms with Crippen molar-refractivity contribution in [1.29, 1.82) is 5.26 Å². The summed E-state index contributed by atoms with van der Waals surface area (Å²) in [5.74, 6) is 0.704. The van der Waals surface area contributed by atoms with E-state index in [1.54, 1.807) is 0 Å². The monoisotopic (exact) mass is 433 g/mol. The summed E-state index contributed by atoms with van der Waals surface area (Å²) in [5, 5.41) is 19.4. The summed E-state index contributed by atoms with van der Waals surface area (Å²) in [4.78, 5) is 15.9. The molecular weight excluding hydrogens is 414 g/mol. The summed E-state index contributed by atoms with van der Waals surface area (Å²) in [5.41, 5.74) is 2.32. The average molecular weight is 434 g/mol. The zero-order valence-electron chi connectivity index (χ0n) is 16.6. The van der Waals surface area contributed by atoms with Gasteiger partial charge in [0.15, 0.2) is 10.9 Å². The second-order valence-corrected chi connectivity index (χ2v) is 8.71. The number of fused-ring (bicyclic) bond motifs is 1. The Hall–Kier alpha value is -3.02. The Kier molecular flexibility index (Phi) is 5.93. The molecular formula is C22H19N5OS2. The summed E-state index contributed by atoms with van der Waals surface area (Å²) in [6, 6.07) is 20.0. The highest BCUT2D eigenvalue weighted by Crippen LogP contribution is 2.46. The fourth-order valence-electron chi connectivity index (χ4n) is 3.17. The van der Waals surface area contributed by atoms with Crippen LogP contribution in [0, 0.1) is 18.3 Å². The third-order valence-corrected chi connectivity index (χ3v) is 6.96. The quantitative estimate of drug-likeness (QED) is 0.326. The van der Waals surface area contributed by atoms with Gasteiger partial charge in [0, 0.05) is 11.9 Å². The van der Waals surface area contributed by atoms with Crippen LogP contribution >= 0.6 is 23.5 Å². The smallest absolute Gasteiger partial charge is 0.191 e. The van der Waals surface area contributed by atoms with Gasteiger partial charge in [-0.1, -0.05) is 66.0 Å². The molecule has 0 aliphatic carbocycles. The molecule has 0 bridgehead atoms. The molecule has 150 valence electrons. The minimum absolute atomic E-state index is 0.129. The molecule has 0 unspecified atom stereocenters. The van der Waals surface area contributed by atoms with E-state index < -0.39 is 0 Å². The van der Waals surface area contributed by atoms with Crippen LogP contribution < -0.4 is 4.90 Å². The summed E-state index contributed by atoms with van der Waals surface area (Å²) in [6.07, 6.45) is 0. The molecule has 1 aromatic heterocycles. The number of hydrogen-bond acceptors (Lipinski definition) is 7. The summed E-state index contributed by atoms with van der Waals surface area (Å²) >= 11 is 2.77. The van der Waals surface area contributed by atoms with E-state index in [4.69, 9.17) is 0 Å². The van der Waals surface area contributed by atoms with Gasteiger partial charge in [0.2, 0.25) is 0 Å². The second-order valence-electron chi connectivity index (χ2n) is 6.73. The van der Waals surface area contributed by atoms with Crippen LogP contribution in [0.2, 0.25) is 0 Å². The Morgan fingerprint density at radius 2 is 1.87 bits per heavy atom. The fraction of sp³-hybridized carbons (Fsp3) is 0.182. The SMILES string of the molecule is Cc1nnc(SCC(=O)/C(C#N)=C2\Sc3ccccc3N2C)n1Cc1ccccc1. The van der Waals surface area contributed by atoms with E-state index in [0.717, 1.165) is 22.0 Å². The van der Waals surface area contributed by atoms with Gasteiger partial charge in [0.1, 0.15) is 22.5 Å². The number of hydrogen-bond donors (Lipinski definition) is 0. The molecule has 1 aliphatic heterocycles. The maximum atomic E-state index is 12.9. The van der Waals surface area contributed by atoms with Crippen LogP contribution in [0.1, 0.15) is 11.4 Å². The van der Waals surface area contributed by atoms with Crippen molar-refractivity contribution in [2.24, 2.45) is 0 Å². The molecule has 0 saturated heterocycles. The summed E-state index contributed by atoms with van der Waals surface area (Å²) in [6.45, 7) is 2.53. The van der Waals surface area contributed by atoms with Crippen LogP contribution in [0.15, 0.2) is 75.3 Å². The van der Waals surface area contributed by atoms with Gasteiger partial charge in [0.25, 0.3) is 0 Å². The molecule has 30 heavy (non-hydrogen) atoms. The number of carbonyl (C=O) groups excluding carboxylic acids is 1. The molecule has 0 amide bonds. The molecule has 6 nitrogen and oxygen atoms in total. The molecule has 8 heteroatoms. The number of nitriles is 1. The van der Waals surface area contributed by atoms with Crippen LogP contribution in [-0.2, 0) is 11.3 Å². The van der Waals surface area contributed by atoms with E-state index in [2.05, 4.69) is 16.3 Å². The Bertz CT molecular complexity index is 1160. The van der Waals surface area contributed by atoms with Crippen LogP contribution in [0.25, 0.3) is 0 Å². The standard InChI is InChI=1S/C22H19N5OS2/c1-15-24-25-22(27(15)13-16-8-4-3-5-9-16)29-14-19(28)17(12-23)21-26(2)18-10-6-7-11-20(18)30-21/h3-11H,13-14H2,1-2H3/b21-17-. The number of anilines is 1. The van der Waals surface area contributed by atoms with Gasteiger partial charge in [-0.05, 0) is 24.6 Å². The molecule has 4 rings (SSSR count). The molecule has 0 radical (unpaired) electrons. The summed E-state index contributed by atoms with van der Waals surface area (Å²) < 4.78 is 1.98. The van der Waals surface area contributed by atoms with Crippen LogP contribution in [0.4, 0.5) is 5.69 Å². The Balaban J connectivity index is 1.51. The van der Waals surface area contributed by atoms with Crippen molar-refractivity contribution < 1.29 is 4.79 Å². The van der Waals surface area contributed by atoms with E-state index in [1.807, 2.05) is 78.0 Å². The van der Waals surface area contributed by atoms with Crippen molar-refractivity contribution in [2.75, 3.05) is 17.7 Å². The van der Waals surface area contributed by atoms with Gasteiger partial charge in [-0.3, -0.25) is 4.79 Å². The molecule has 2 aromatic carbocycles. The maximum absolute atomic E-state index is 12.9. The lowest BCUT2D eigenvalue weighted by atomic mass is 10.2. The van der Waals surface area contributed by atoms with Crippen molar-refractivity contribution >= 4 is 35.0 Å². The van der Waals surface area contributed by atoms with Gasteiger partial charge in [-0.25, -0.2) is 0 Å². The van der Waals surface area contributed by atoms with E-state index >= 15 is 0 Å². The minimum atomic E-state index is -0.212. The topological polar surface area (TPSA) is 74.8 Å². The van der Waals surface area contributed by atoms with E-state index in [1.165, 1.54) is 23.5 Å². The Morgan fingerprint density at radius 1 is 1.13 bits per heavy atom. The highest BCUT2D eigenvalue weighted by Gasteiger charge is 2.28. The third kappa shape index (κ3) is 3.99. The first-order valence-corrected chi connectivity index (χ1v) is 11.1. The Morgan fingerprint density at radius 3 is 2.60 bits per heavy atom.